The van der Waals surface area contributed by atoms with E-state index in [0.717, 1.165) is 34.8 Å². The molecule has 9 heteroatoms. The van der Waals surface area contributed by atoms with E-state index in [0.29, 0.717) is 10.8 Å². The number of rotatable bonds is 4. The molecular formula is C24H24ClN5O3. The van der Waals surface area contributed by atoms with Gasteiger partial charge in [-0.2, -0.15) is 0 Å². The molecule has 0 saturated carbocycles. The predicted octanol–water partition coefficient (Wildman–Crippen LogP) is 4.27. The van der Waals surface area contributed by atoms with Crippen LogP contribution in [-0.4, -0.2) is 43.6 Å². The maximum absolute atomic E-state index is 6.52. The minimum Gasteiger partial charge on any atom is -0.383 e. The molecule has 0 bridgehead atoms. The number of ether oxygens (including phenoxy) is 3. The molecule has 2 unspecified atom stereocenters. The monoisotopic (exact) mass is 465 g/mol. The molecule has 1 aromatic carbocycles. The second-order valence-electron chi connectivity index (χ2n) is 9.07. The third kappa shape index (κ3) is 3.63. The van der Waals surface area contributed by atoms with Crippen LogP contribution in [0.4, 0.5) is 5.82 Å². The Hall–Kier alpha value is -2.78. The molecule has 0 aliphatic carbocycles. The summed E-state index contributed by atoms with van der Waals surface area (Å²) < 4.78 is 21.0. The van der Waals surface area contributed by atoms with E-state index in [1.807, 2.05) is 36.7 Å². The van der Waals surface area contributed by atoms with E-state index in [1.54, 1.807) is 6.20 Å². The molecule has 4 aromatic rings. The van der Waals surface area contributed by atoms with Gasteiger partial charge in [0.05, 0.1) is 22.0 Å². The topological polar surface area (TPSA) is 97.3 Å². The molecule has 2 aliphatic heterocycles. The summed E-state index contributed by atoms with van der Waals surface area (Å²) in [5, 5.41) is 2.46. The Bertz CT molecular complexity index is 1360. The van der Waals surface area contributed by atoms with Crippen molar-refractivity contribution < 1.29 is 14.2 Å². The zero-order valence-corrected chi connectivity index (χ0v) is 19.1. The van der Waals surface area contributed by atoms with Gasteiger partial charge in [-0.25, -0.2) is 9.97 Å². The second-order valence-corrected chi connectivity index (χ2v) is 9.50. The number of nitrogens with two attached hydrogens (primary N) is 1. The van der Waals surface area contributed by atoms with E-state index in [4.69, 9.17) is 31.5 Å². The summed E-state index contributed by atoms with van der Waals surface area (Å²) in [6, 6.07) is 10.1. The Labute approximate surface area is 195 Å². The smallest absolute Gasteiger partial charge is 0.164 e. The van der Waals surface area contributed by atoms with Crippen molar-refractivity contribution >= 4 is 39.4 Å². The van der Waals surface area contributed by atoms with Crippen LogP contribution in [0, 0.1) is 0 Å². The fourth-order valence-electron chi connectivity index (χ4n) is 4.92. The first-order valence-corrected chi connectivity index (χ1v) is 11.4. The first-order valence-electron chi connectivity index (χ1n) is 11.0. The molecule has 4 atom stereocenters. The van der Waals surface area contributed by atoms with Crippen LogP contribution in [0.2, 0.25) is 5.02 Å². The van der Waals surface area contributed by atoms with Crippen molar-refractivity contribution in [3.05, 3.63) is 59.6 Å². The number of fused-ring (bicyclic) bond motifs is 3. The van der Waals surface area contributed by atoms with Gasteiger partial charge in [0.2, 0.25) is 0 Å². The Morgan fingerprint density at radius 1 is 1.09 bits per heavy atom. The molecule has 3 aromatic heterocycles. The maximum atomic E-state index is 6.52. The summed E-state index contributed by atoms with van der Waals surface area (Å²) >= 11 is 6.06. The lowest BCUT2D eigenvalue weighted by atomic mass is 10.0. The minimum atomic E-state index is -0.682. The lowest BCUT2D eigenvalue weighted by Gasteiger charge is -2.25. The number of aryl methyl sites for hydroxylation is 1. The van der Waals surface area contributed by atoms with Crippen molar-refractivity contribution in [1.29, 1.82) is 0 Å². The highest BCUT2D eigenvalue weighted by Gasteiger charge is 2.55. The molecule has 5 heterocycles. The predicted molar refractivity (Wildman–Crippen MR) is 125 cm³/mol. The number of anilines is 1. The van der Waals surface area contributed by atoms with Crippen LogP contribution < -0.4 is 5.73 Å². The average molecular weight is 466 g/mol. The molecule has 0 amide bonds. The van der Waals surface area contributed by atoms with Gasteiger partial charge in [0.15, 0.2) is 12.0 Å². The van der Waals surface area contributed by atoms with E-state index in [9.17, 15) is 0 Å². The number of halogens is 1. The van der Waals surface area contributed by atoms with Gasteiger partial charge in [0, 0.05) is 17.8 Å². The van der Waals surface area contributed by atoms with Crippen LogP contribution >= 0.6 is 11.6 Å². The summed E-state index contributed by atoms with van der Waals surface area (Å²) in [6.07, 6.45) is 5.74. The molecular weight excluding hydrogens is 442 g/mol. The summed E-state index contributed by atoms with van der Waals surface area (Å²) in [4.78, 5) is 13.0. The van der Waals surface area contributed by atoms with Gasteiger partial charge >= 0.3 is 0 Å². The highest BCUT2D eigenvalue weighted by Crippen LogP contribution is 2.45. The molecule has 170 valence electrons. The molecule has 2 aliphatic rings. The van der Waals surface area contributed by atoms with Crippen LogP contribution in [0.15, 0.2) is 49.1 Å². The number of pyridine rings is 1. The molecule has 0 spiro atoms. The van der Waals surface area contributed by atoms with Crippen molar-refractivity contribution in [3.63, 3.8) is 0 Å². The standard InChI is InChI=1S/C24H24ClN5O3/c1-24(2)32-19-18(6-4-13-3-5-14-10-15(25)11-27-17(14)9-13)31-23(20(19)33-24)30-8-7-16-21(26)28-12-29-22(16)30/h3,5,7-12,18-20,23H,4,6H2,1-2H3,(H2,26,28,29)/t18?,19-,20-,23?/m1/s1. The number of nitrogen functional groups attached to an aromatic ring is 1. The third-order valence-corrected chi connectivity index (χ3v) is 6.58. The molecule has 0 radical (unpaired) electrons. The zero-order valence-electron chi connectivity index (χ0n) is 18.3. The normalized spacial score (nSPS) is 26.3. The second kappa shape index (κ2) is 7.63. The van der Waals surface area contributed by atoms with Crippen LogP contribution in [0.25, 0.3) is 21.9 Å². The number of hydrogen-bond donors (Lipinski definition) is 1. The lowest BCUT2D eigenvalue weighted by molar-refractivity contribution is -0.196. The first kappa shape index (κ1) is 20.8. The van der Waals surface area contributed by atoms with Crippen molar-refractivity contribution in [2.45, 2.75) is 57.0 Å². The zero-order chi connectivity index (χ0) is 22.7. The summed E-state index contributed by atoms with van der Waals surface area (Å²) in [6.45, 7) is 3.88. The van der Waals surface area contributed by atoms with Crippen LogP contribution in [0.3, 0.4) is 0 Å². The van der Waals surface area contributed by atoms with Gasteiger partial charge in [-0.05, 0) is 50.5 Å². The molecule has 2 fully saturated rings. The summed E-state index contributed by atoms with van der Waals surface area (Å²) in [5.41, 5.74) is 8.87. The van der Waals surface area contributed by atoms with E-state index in [-0.39, 0.29) is 24.5 Å². The summed E-state index contributed by atoms with van der Waals surface area (Å²) in [5.74, 6) is -0.237. The van der Waals surface area contributed by atoms with Gasteiger partial charge in [0.1, 0.15) is 30.0 Å². The molecule has 33 heavy (non-hydrogen) atoms. The highest BCUT2D eigenvalue weighted by atomic mass is 35.5. The van der Waals surface area contributed by atoms with Crippen LogP contribution in [-0.2, 0) is 20.6 Å². The Kier molecular flexibility index (Phi) is 4.81. The van der Waals surface area contributed by atoms with E-state index in [2.05, 4.69) is 33.2 Å². The van der Waals surface area contributed by atoms with Crippen LogP contribution in [0.1, 0.15) is 32.1 Å². The number of hydrogen-bond acceptors (Lipinski definition) is 7. The van der Waals surface area contributed by atoms with Gasteiger partial charge in [0.25, 0.3) is 0 Å². The average Bonchev–Trinajstić information content (AvgIpc) is 3.44. The minimum absolute atomic E-state index is 0.132. The van der Waals surface area contributed by atoms with Gasteiger partial charge in [-0.1, -0.05) is 23.7 Å². The van der Waals surface area contributed by atoms with Crippen molar-refractivity contribution in [1.82, 2.24) is 19.5 Å². The number of nitrogens with zero attached hydrogens (tertiary/aromatic N) is 4. The van der Waals surface area contributed by atoms with Gasteiger partial charge in [-0.15, -0.1) is 0 Å². The number of benzene rings is 1. The SMILES string of the molecule is CC1(C)O[C@@H]2C(CCc3ccc4cc(Cl)cnc4c3)OC(n3ccc4c(N)ncnc43)[C@@H]2O1. The Morgan fingerprint density at radius 3 is 2.82 bits per heavy atom. The van der Waals surface area contributed by atoms with E-state index < -0.39 is 5.79 Å². The van der Waals surface area contributed by atoms with E-state index >= 15 is 0 Å². The van der Waals surface area contributed by atoms with Crippen molar-refractivity contribution in [3.8, 4) is 0 Å². The first-order chi connectivity index (χ1) is 15.9. The lowest BCUT2D eigenvalue weighted by Crippen LogP contribution is -2.29. The summed E-state index contributed by atoms with van der Waals surface area (Å²) in [7, 11) is 0. The third-order valence-electron chi connectivity index (χ3n) is 6.37. The largest absolute Gasteiger partial charge is 0.383 e. The Balaban J connectivity index is 1.27. The maximum Gasteiger partial charge on any atom is 0.164 e. The van der Waals surface area contributed by atoms with Crippen molar-refractivity contribution in [2.75, 3.05) is 5.73 Å². The number of aromatic nitrogens is 4. The molecule has 8 nitrogen and oxygen atoms in total. The molecule has 2 saturated heterocycles. The highest BCUT2D eigenvalue weighted by molar-refractivity contribution is 6.31. The molecule has 2 N–H and O–H groups in total. The van der Waals surface area contributed by atoms with Crippen molar-refractivity contribution in [2.24, 2.45) is 0 Å². The Morgan fingerprint density at radius 2 is 1.94 bits per heavy atom. The van der Waals surface area contributed by atoms with E-state index in [1.165, 1.54) is 11.9 Å². The van der Waals surface area contributed by atoms with Gasteiger partial charge < -0.3 is 24.5 Å². The fourth-order valence-corrected chi connectivity index (χ4v) is 5.08. The fraction of sp³-hybridized carbons (Fsp3) is 0.375. The van der Waals surface area contributed by atoms with Gasteiger partial charge in [-0.3, -0.25) is 4.98 Å². The quantitative estimate of drug-likeness (QED) is 0.480. The van der Waals surface area contributed by atoms with Crippen LogP contribution in [0.5, 0.6) is 0 Å². The molecule has 6 rings (SSSR count).